The summed E-state index contributed by atoms with van der Waals surface area (Å²) in [6, 6.07) is 6.08. The van der Waals surface area contributed by atoms with E-state index in [9.17, 15) is 0 Å². The number of nitrogens with zero attached hydrogens (tertiary/aromatic N) is 3. The summed E-state index contributed by atoms with van der Waals surface area (Å²) in [7, 11) is 1.87. The van der Waals surface area contributed by atoms with Gasteiger partial charge >= 0.3 is 0 Å². The van der Waals surface area contributed by atoms with Gasteiger partial charge in [0, 0.05) is 44.0 Å². The second-order valence-electron chi connectivity index (χ2n) is 7.76. The second-order valence-corrected chi connectivity index (χ2v) is 7.76. The average Bonchev–Trinajstić information content (AvgIpc) is 2.72. The Kier molecular flexibility index (Phi) is 9.82. The van der Waals surface area contributed by atoms with Gasteiger partial charge in [-0.15, -0.1) is 24.0 Å². The third-order valence-electron chi connectivity index (χ3n) is 6.02. The van der Waals surface area contributed by atoms with E-state index in [2.05, 4.69) is 31.6 Å². The van der Waals surface area contributed by atoms with Gasteiger partial charge in [0.2, 0.25) is 0 Å². The van der Waals surface area contributed by atoms with E-state index in [0.717, 1.165) is 31.2 Å². The van der Waals surface area contributed by atoms with Gasteiger partial charge < -0.3 is 10.6 Å². The van der Waals surface area contributed by atoms with Gasteiger partial charge in [0.1, 0.15) is 0 Å². The molecular weight excluding hydrogens is 449 g/mol. The standard InChI is InChI=1S/C21H35N5.HI/c1-22-20(24-15-11-19-10-4-7-14-23-19)25-18-21(12-5-2-6-13-21)26-16-8-3-9-17-26;/h4,7,10,14H,2-3,5-6,8-9,11-13,15-18H2,1H3,(H2,22,24,25);1H. The highest BCUT2D eigenvalue weighted by atomic mass is 127. The minimum absolute atomic E-state index is 0. The van der Waals surface area contributed by atoms with Crippen molar-refractivity contribution in [3.05, 3.63) is 30.1 Å². The van der Waals surface area contributed by atoms with E-state index < -0.39 is 0 Å². The third kappa shape index (κ3) is 6.59. The van der Waals surface area contributed by atoms with Gasteiger partial charge in [0.05, 0.1) is 0 Å². The minimum Gasteiger partial charge on any atom is -0.356 e. The predicted octanol–water partition coefficient (Wildman–Crippen LogP) is 3.60. The topological polar surface area (TPSA) is 52.6 Å². The van der Waals surface area contributed by atoms with Gasteiger partial charge in [0.25, 0.3) is 0 Å². The molecule has 2 N–H and O–H groups in total. The number of guanidine groups is 1. The molecule has 2 heterocycles. The maximum absolute atomic E-state index is 4.44. The lowest BCUT2D eigenvalue weighted by molar-refractivity contribution is 0.0368. The molecule has 0 bridgehead atoms. The maximum atomic E-state index is 4.44. The molecule has 1 saturated heterocycles. The summed E-state index contributed by atoms with van der Waals surface area (Å²) >= 11 is 0. The molecule has 152 valence electrons. The first-order valence-corrected chi connectivity index (χ1v) is 10.4. The van der Waals surface area contributed by atoms with Crippen molar-refractivity contribution in [3.8, 4) is 0 Å². The van der Waals surface area contributed by atoms with Crippen molar-refractivity contribution in [2.75, 3.05) is 33.2 Å². The quantitative estimate of drug-likeness (QED) is 0.368. The lowest BCUT2D eigenvalue weighted by Gasteiger charge is -2.48. The van der Waals surface area contributed by atoms with Gasteiger partial charge in [-0.25, -0.2) is 0 Å². The molecule has 5 nitrogen and oxygen atoms in total. The van der Waals surface area contributed by atoms with Crippen LogP contribution >= 0.6 is 24.0 Å². The fraction of sp³-hybridized carbons (Fsp3) is 0.714. The first-order chi connectivity index (χ1) is 12.8. The summed E-state index contributed by atoms with van der Waals surface area (Å²) in [5.41, 5.74) is 1.45. The highest BCUT2D eigenvalue weighted by Crippen LogP contribution is 2.35. The van der Waals surface area contributed by atoms with Gasteiger partial charge in [-0.05, 0) is 50.9 Å². The number of pyridine rings is 1. The van der Waals surface area contributed by atoms with Crippen molar-refractivity contribution in [2.24, 2.45) is 4.99 Å². The molecule has 0 atom stereocenters. The summed E-state index contributed by atoms with van der Waals surface area (Å²) in [5.74, 6) is 0.919. The Morgan fingerprint density at radius 2 is 1.81 bits per heavy atom. The van der Waals surface area contributed by atoms with E-state index in [1.54, 1.807) is 0 Å². The van der Waals surface area contributed by atoms with Crippen molar-refractivity contribution in [1.82, 2.24) is 20.5 Å². The zero-order valence-electron chi connectivity index (χ0n) is 16.8. The Labute approximate surface area is 181 Å². The smallest absolute Gasteiger partial charge is 0.191 e. The Hall–Kier alpha value is -0.890. The molecule has 1 aromatic heterocycles. The highest BCUT2D eigenvalue weighted by Gasteiger charge is 2.38. The van der Waals surface area contributed by atoms with E-state index in [4.69, 9.17) is 0 Å². The molecule has 0 spiro atoms. The van der Waals surface area contributed by atoms with Crippen LogP contribution in [0.2, 0.25) is 0 Å². The fourth-order valence-corrected chi connectivity index (χ4v) is 4.51. The monoisotopic (exact) mass is 485 g/mol. The van der Waals surface area contributed by atoms with Crippen LogP contribution in [0.25, 0.3) is 0 Å². The fourth-order valence-electron chi connectivity index (χ4n) is 4.51. The van der Waals surface area contributed by atoms with Crippen LogP contribution < -0.4 is 10.6 Å². The van der Waals surface area contributed by atoms with Crippen LogP contribution in [-0.2, 0) is 6.42 Å². The number of aromatic nitrogens is 1. The number of hydrogen-bond donors (Lipinski definition) is 2. The van der Waals surface area contributed by atoms with Gasteiger partial charge in [-0.2, -0.15) is 0 Å². The van der Waals surface area contributed by atoms with Crippen LogP contribution in [0.4, 0.5) is 0 Å². The number of aliphatic imine (C=N–C) groups is 1. The number of halogens is 1. The summed E-state index contributed by atoms with van der Waals surface area (Å²) < 4.78 is 0. The molecule has 0 unspecified atom stereocenters. The van der Waals surface area contributed by atoms with Crippen molar-refractivity contribution in [1.29, 1.82) is 0 Å². The van der Waals surface area contributed by atoms with Crippen molar-refractivity contribution in [2.45, 2.75) is 63.3 Å². The third-order valence-corrected chi connectivity index (χ3v) is 6.02. The number of hydrogen-bond acceptors (Lipinski definition) is 3. The Balaban J connectivity index is 0.00000261. The number of likely N-dealkylation sites (tertiary alicyclic amines) is 1. The summed E-state index contributed by atoms with van der Waals surface area (Å²) in [6.07, 6.45) is 13.7. The van der Waals surface area contributed by atoms with Gasteiger partial charge in [-0.1, -0.05) is 31.7 Å². The zero-order chi connectivity index (χ0) is 18.1. The molecule has 0 amide bonds. The van der Waals surface area contributed by atoms with Crippen molar-refractivity contribution in [3.63, 3.8) is 0 Å². The van der Waals surface area contributed by atoms with Gasteiger partial charge in [-0.3, -0.25) is 14.9 Å². The summed E-state index contributed by atoms with van der Waals surface area (Å²) in [4.78, 5) is 11.6. The summed E-state index contributed by atoms with van der Waals surface area (Å²) in [5, 5.41) is 7.10. The molecule has 6 heteroatoms. The van der Waals surface area contributed by atoms with Crippen LogP contribution in [0, 0.1) is 0 Å². The minimum atomic E-state index is 0. The SMILES string of the molecule is CN=C(NCCc1ccccn1)NCC1(N2CCCCC2)CCCCC1.I. The van der Waals surface area contributed by atoms with E-state index >= 15 is 0 Å². The Morgan fingerprint density at radius 1 is 1.07 bits per heavy atom. The van der Waals surface area contributed by atoms with Crippen molar-refractivity contribution < 1.29 is 0 Å². The molecule has 1 aliphatic carbocycles. The molecule has 2 fully saturated rings. The average molecular weight is 485 g/mol. The highest BCUT2D eigenvalue weighted by molar-refractivity contribution is 14.0. The number of rotatable bonds is 6. The van der Waals surface area contributed by atoms with E-state index in [-0.39, 0.29) is 24.0 Å². The lowest BCUT2D eigenvalue weighted by Crippen LogP contribution is -2.59. The summed E-state index contributed by atoms with van der Waals surface area (Å²) in [6.45, 7) is 4.41. The van der Waals surface area contributed by atoms with Crippen LogP contribution in [0.3, 0.4) is 0 Å². The predicted molar refractivity (Wildman–Crippen MR) is 124 cm³/mol. The first kappa shape index (κ1) is 22.4. The molecule has 0 aromatic carbocycles. The Bertz CT molecular complexity index is 551. The van der Waals surface area contributed by atoms with Crippen LogP contribution in [-0.4, -0.2) is 54.6 Å². The van der Waals surface area contributed by atoms with Crippen molar-refractivity contribution >= 4 is 29.9 Å². The van der Waals surface area contributed by atoms with E-state index in [1.807, 2.05) is 25.4 Å². The molecule has 0 radical (unpaired) electrons. The van der Waals surface area contributed by atoms with Crippen LogP contribution in [0.5, 0.6) is 0 Å². The largest absolute Gasteiger partial charge is 0.356 e. The molecule has 1 saturated carbocycles. The molecule has 3 rings (SSSR count). The van der Waals surface area contributed by atoms with E-state index in [1.165, 1.54) is 64.5 Å². The zero-order valence-corrected chi connectivity index (χ0v) is 19.1. The number of piperidine rings is 1. The van der Waals surface area contributed by atoms with Crippen LogP contribution in [0.1, 0.15) is 57.1 Å². The maximum Gasteiger partial charge on any atom is 0.191 e. The van der Waals surface area contributed by atoms with Crippen LogP contribution in [0.15, 0.2) is 29.4 Å². The molecule has 27 heavy (non-hydrogen) atoms. The molecular formula is C21H36IN5. The van der Waals surface area contributed by atoms with Gasteiger partial charge in [0.15, 0.2) is 5.96 Å². The normalized spacial score (nSPS) is 20.6. The van der Waals surface area contributed by atoms with E-state index in [0.29, 0.717) is 5.54 Å². The lowest BCUT2D eigenvalue weighted by atomic mass is 9.79. The molecule has 1 aliphatic heterocycles. The first-order valence-electron chi connectivity index (χ1n) is 10.4. The number of nitrogens with one attached hydrogen (secondary N) is 2. The second kappa shape index (κ2) is 11.8. The Morgan fingerprint density at radius 3 is 2.48 bits per heavy atom. The molecule has 1 aromatic rings. The molecule has 2 aliphatic rings.